The van der Waals surface area contributed by atoms with Gasteiger partial charge in [0, 0.05) is 18.0 Å². The van der Waals surface area contributed by atoms with Crippen molar-refractivity contribution < 1.29 is 4.74 Å². The maximum absolute atomic E-state index is 8.72. The summed E-state index contributed by atoms with van der Waals surface area (Å²) in [7, 11) is 3.61. The van der Waals surface area contributed by atoms with Gasteiger partial charge in [-0.2, -0.15) is 5.26 Å². The number of nitriles is 1. The van der Waals surface area contributed by atoms with Crippen LogP contribution in [-0.2, 0) is 0 Å². The number of rotatable bonds is 6. The summed E-state index contributed by atoms with van der Waals surface area (Å²) in [5.41, 5.74) is 2.43. The molecule has 0 radical (unpaired) electrons. The van der Waals surface area contributed by atoms with Crippen LogP contribution in [-0.4, -0.2) is 14.2 Å². The van der Waals surface area contributed by atoms with Crippen LogP contribution in [0.25, 0.3) is 0 Å². The molecule has 0 aliphatic rings. The third kappa shape index (κ3) is 3.48. The fraction of sp³-hybridized carbons (Fsp3) is 0.533. The number of hydrogen-bond acceptors (Lipinski definition) is 3. The van der Waals surface area contributed by atoms with E-state index in [1.54, 1.807) is 7.11 Å². The zero-order valence-corrected chi connectivity index (χ0v) is 11.7. The van der Waals surface area contributed by atoms with Crippen LogP contribution in [0, 0.1) is 11.3 Å². The molecular weight excluding hydrogens is 224 g/mol. The third-order valence-corrected chi connectivity index (χ3v) is 3.19. The van der Waals surface area contributed by atoms with Gasteiger partial charge in [0.15, 0.2) is 0 Å². The van der Waals surface area contributed by atoms with Crippen molar-refractivity contribution >= 4 is 0 Å². The summed E-state index contributed by atoms with van der Waals surface area (Å²) >= 11 is 0. The minimum atomic E-state index is 0.165. The summed E-state index contributed by atoms with van der Waals surface area (Å²) in [5, 5.41) is 12.0. The van der Waals surface area contributed by atoms with Gasteiger partial charge in [0.1, 0.15) is 5.75 Å². The molecule has 0 aliphatic heterocycles. The fourth-order valence-corrected chi connectivity index (χ4v) is 2.05. The van der Waals surface area contributed by atoms with Crippen LogP contribution in [0.3, 0.4) is 0 Å². The van der Waals surface area contributed by atoms with Crippen molar-refractivity contribution in [3.05, 3.63) is 29.3 Å². The van der Waals surface area contributed by atoms with E-state index in [1.165, 1.54) is 5.56 Å². The lowest BCUT2D eigenvalue weighted by molar-refractivity contribution is 0.399. The van der Waals surface area contributed by atoms with Crippen molar-refractivity contribution in [2.45, 2.75) is 38.6 Å². The van der Waals surface area contributed by atoms with Gasteiger partial charge in [-0.25, -0.2) is 0 Å². The van der Waals surface area contributed by atoms with Crippen molar-refractivity contribution in [2.75, 3.05) is 14.2 Å². The van der Waals surface area contributed by atoms with Gasteiger partial charge in [-0.3, -0.25) is 0 Å². The van der Waals surface area contributed by atoms with Gasteiger partial charge in [-0.05, 0) is 31.0 Å². The number of benzene rings is 1. The SMILES string of the molecule is CNC(CCC#N)c1cc(C(C)C)ccc1OC. The van der Waals surface area contributed by atoms with Crippen LogP contribution in [0.4, 0.5) is 0 Å². The Kier molecular flexibility index (Phi) is 5.67. The molecule has 0 saturated heterocycles. The molecule has 1 atom stereocenters. The largest absolute Gasteiger partial charge is 0.496 e. The van der Waals surface area contributed by atoms with Crippen molar-refractivity contribution in [1.82, 2.24) is 5.32 Å². The molecule has 0 amide bonds. The Morgan fingerprint density at radius 2 is 2.11 bits per heavy atom. The molecule has 98 valence electrons. The van der Waals surface area contributed by atoms with Crippen molar-refractivity contribution in [1.29, 1.82) is 5.26 Å². The van der Waals surface area contributed by atoms with Gasteiger partial charge in [0.05, 0.1) is 13.2 Å². The van der Waals surface area contributed by atoms with Crippen molar-refractivity contribution in [3.63, 3.8) is 0 Å². The molecule has 0 heterocycles. The summed E-state index contributed by atoms with van der Waals surface area (Å²) < 4.78 is 5.42. The van der Waals surface area contributed by atoms with Crippen LogP contribution in [0.2, 0.25) is 0 Å². The average molecular weight is 246 g/mol. The summed E-state index contributed by atoms with van der Waals surface area (Å²) in [4.78, 5) is 0. The maximum Gasteiger partial charge on any atom is 0.123 e. The summed E-state index contributed by atoms with van der Waals surface area (Å²) in [6.45, 7) is 4.35. The predicted octanol–water partition coefficient (Wildman–Crippen LogP) is 3.38. The van der Waals surface area contributed by atoms with Gasteiger partial charge < -0.3 is 10.1 Å². The van der Waals surface area contributed by atoms with Crippen LogP contribution in [0.15, 0.2) is 18.2 Å². The summed E-state index contributed by atoms with van der Waals surface area (Å²) in [6, 6.07) is 8.66. The third-order valence-electron chi connectivity index (χ3n) is 3.19. The molecule has 1 rings (SSSR count). The standard InChI is InChI=1S/C15H22N2O/c1-11(2)12-7-8-15(18-4)13(10-12)14(17-3)6-5-9-16/h7-8,10-11,14,17H,5-6H2,1-4H3. The number of methoxy groups -OCH3 is 1. The first-order valence-electron chi connectivity index (χ1n) is 6.36. The molecule has 0 saturated carbocycles. The first-order valence-corrected chi connectivity index (χ1v) is 6.36. The van der Waals surface area contributed by atoms with Gasteiger partial charge in [-0.15, -0.1) is 0 Å². The first kappa shape index (κ1) is 14.5. The van der Waals surface area contributed by atoms with E-state index in [-0.39, 0.29) is 6.04 Å². The Hall–Kier alpha value is -1.53. The molecule has 3 nitrogen and oxygen atoms in total. The molecular formula is C15H22N2O. The molecule has 1 unspecified atom stereocenters. The van der Waals surface area contributed by atoms with E-state index in [1.807, 2.05) is 13.1 Å². The van der Waals surface area contributed by atoms with Gasteiger partial charge in [0.2, 0.25) is 0 Å². The first-order chi connectivity index (χ1) is 8.63. The fourth-order valence-electron chi connectivity index (χ4n) is 2.05. The van der Waals surface area contributed by atoms with E-state index in [4.69, 9.17) is 10.00 Å². The molecule has 18 heavy (non-hydrogen) atoms. The zero-order chi connectivity index (χ0) is 13.5. The smallest absolute Gasteiger partial charge is 0.123 e. The van der Waals surface area contributed by atoms with Gasteiger partial charge in [-0.1, -0.05) is 26.0 Å². The molecule has 0 bridgehead atoms. The summed E-state index contributed by atoms with van der Waals surface area (Å²) in [5.74, 6) is 1.37. The van der Waals surface area contributed by atoms with Crippen LogP contribution in [0.1, 0.15) is 49.8 Å². The predicted molar refractivity (Wildman–Crippen MR) is 73.7 cm³/mol. The van der Waals surface area contributed by atoms with Gasteiger partial charge in [0.25, 0.3) is 0 Å². The number of ether oxygens (including phenoxy) is 1. The average Bonchev–Trinajstić information content (AvgIpc) is 2.39. The van der Waals surface area contributed by atoms with E-state index < -0.39 is 0 Å². The van der Waals surface area contributed by atoms with Crippen LogP contribution < -0.4 is 10.1 Å². The highest BCUT2D eigenvalue weighted by Crippen LogP contribution is 2.31. The Labute approximate surface area is 110 Å². The van der Waals surface area contributed by atoms with Crippen LogP contribution >= 0.6 is 0 Å². The second-order valence-corrected chi connectivity index (χ2v) is 4.69. The molecule has 0 spiro atoms. The second kappa shape index (κ2) is 7.03. The lowest BCUT2D eigenvalue weighted by Crippen LogP contribution is -2.17. The molecule has 0 fully saturated rings. The molecule has 1 aromatic carbocycles. The monoisotopic (exact) mass is 246 g/mol. The number of nitrogens with one attached hydrogen (secondary N) is 1. The van der Waals surface area contributed by atoms with E-state index in [9.17, 15) is 0 Å². The Morgan fingerprint density at radius 3 is 2.61 bits per heavy atom. The van der Waals surface area contributed by atoms with Gasteiger partial charge >= 0.3 is 0 Å². The number of hydrogen-bond donors (Lipinski definition) is 1. The molecule has 3 heteroatoms. The van der Waals surface area contributed by atoms with E-state index in [0.717, 1.165) is 17.7 Å². The zero-order valence-electron chi connectivity index (χ0n) is 11.7. The van der Waals surface area contributed by atoms with Crippen LogP contribution in [0.5, 0.6) is 5.75 Å². The normalized spacial score (nSPS) is 12.2. The maximum atomic E-state index is 8.72. The highest BCUT2D eigenvalue weighted by molar-refractivity contribution is 5.40. The molecule has 0 aromatic heterocycles. The second-order valence-electron chi connectivity index (χ2n) is 4.69. The minimum Gasteiger partial charge on any atom is -0.496 e. The van der Waals surface area contributed by atoms with E-state index in [0.29, 0.717) is 12.3 Å². The lowest BCUT2D eigenvalue weighted by Gasteiger charge is -2.20. The molecule has 1 N–H and O–H groups in total. The number of nitrogens with zero attached hydrogens (tertiary/aromatic N) is 1. The minimum absolute atomic E-state index is 0.165. The summed E-state index contributed by atoms with van der Waals surface area (Å²) in [6.07, 6.45) is 1.34. The Morgan fingerprint density at radius 1 is 1.39 bits per heavy atom. The molecule has 0 aliphatic carbocycles. The highest BCUT2D eigenvalue weighted by Gasteiger charge is 2.15. The molecule has 1 aromatic rings. The topological polar surface area (TPSA) is 45.0 Å². The lowest BCUT2D eigenvalue weighted by atomic mass is 9.95. The van der Waals surface area contributed by atoms with Crippen molar-refractivity contribution in [2.24, 2.45) is 0 Å². The highest BCUT2D eigenvalue weighted by atomic mass is 16.5. The Bertz CT molecular complexity index is 421. The van der Waals surface area contributed by atoms with Crippen molar-refractivity contribution in [3.8, 4) is 11.8 Å². The quantitative estimate of drug-likeness (QED) is 0.837. The Balaban J connectivity index is 3.09. The van der Waals surface area contributed by atoms with E-state index >= 15 is 0 Å². The van der Waals surface area contributed by atoms with E-state index in [2.05, 4.69) is 37.4 Å².